The summed E-state index contributed by atoms with van der Waals surface area (Å²) in [6, 6.07) is 20.3. The number of hydrogen-bond acceptors (Lipinski definition) is 2. The zero-order valence-electron chi connectivity index (χ0n) is 20.9. The number of benzene rings is 2. The maximum absolute atomic E-state index is 5.48. The lowest BCUT2D eigenvalue weighted by Gasteiger charge is -2.04. The van der Waals surface area contributed by atoms with Crippen LogP contribution in [0.1, 0.15) is 110 Å². The Balaban J connectivity index is 0.000000339. The van der Waals surface area contributed by atoms with Gasteiger partial charge in [-0.1, -0.05) is 140 Å². The quantitative estimate of drug-likeness (QED) is 0.227. The number of para-hydroxylation sites is 2. The molecule has 0 fully saturated rings. The van der Waals surface area contributed by atoms with E-state index in [9.17, 15) is 0 Å². The summed E-state index contributed by atoms with van der Waals surface area (Å²) in [5.74, 6) is 0. The molecule has 2 nitrogen and oxygen atoms in total. The Kier molecular flexibility index (Phi) is 19.8. The predicted molar refractivity (Wildman–Crippen MR) is 145 cm³/mol. The maximum atomic E-state index is 5.48. The van der Waals surface area contributed by atoms with Crippen molar-refractivity contribution in [2.45, 2.75) is 110 Å². The summed E-state index contributed by atoms with van der Waals surface area (Å²) in [7, 11) is 0. The number of nitrogens with one attached hydrogen (secondary N) is 1. The predicted octanol–water partition coefficient (Wildman–Crippen LogP) is 9.64. The zero-order chi connectivity index (χ0) is 23.0. The van der Waals surface area contributed by atoms with Gasteiger partial charge in [-0.25, -0.2) is 0 Å². The number of hydrogen-bond donors (Lipinski definition) is 2. The Morgan fingerprint density at radius 3 is 1.09 bits per heavy atom. The number of rotatable bonds is 18. The molecular weight excluding hydrogens is 388 g/mol. The highest BCUT2D eigenvalue weighted by molar-refractivity contribution is 5.58. The number of anilines is 2. The molecule has 0 radical (unpaired) electrons. The van der Waals surface area contributed by atoms with Crippen molar-refractivity contribution >= 4 is 11.4 Å². The van der Waals surface area contributed by atoms with Crippen LogP contribution in [0.2, 0.25) is 0 Å². The van der Waals surface area contributed by atoms with Crippen molar-refractivity contribution in [3.8, 4) is 0 Å². The minimum atomic E-state index is 0.873. The van der Waals surface area contributed by atoms with E-state index in [1.165, 1.54) is 103 Å². The molecule has 0 unspecified atom stereocenters. The second-order valence-electron chi connectivity index (χ2n) is 8.95. The van der Waals surface area contributed by atoms with Gasteiger partial charge in [-0.3, -0.25) is 0 Å². The lowest BCUT2D eigenvalue weighted by atomic mass is 10.0. The van der Waals surface area contributed by atoms with Crippen molar-refractivity contribution in [1.29, 1.82) is 0 Å². The van der Waals surface area contributed by atoms with Gasteiger partial charge in [0.05, 0.1) is 0 Å². The average molecular weight is 439 g/mol. The maximum Gasteiger partial charge on any atom is 0.0384 e. The summed E-state index contributed by atoms with van der Waals surface area (Å²) in [5.41, 5.74) is 7.72. The summed E-state index contributed by atoms with van der Waals surface area (Å²) in [4.78, 5) is 0. The van der Waals surface area contributed by atoms with Gasteiger partial charge in [-0.05, 0) is 37.2 Å². The van der Waals surface area contributed by atoms with Crippen molar-refractivity contribution in [3.05, 3.63) is 60.7 Å². The Labute approximate surface area is 199 Å². The molecule has 0 saturated carbocycles. The van der Waals surface area contributed by atoms with E-state index in [-0.39, 0.29) is 0 Å². The van der Waals surface area contributed by atoms with Crippen LogP contribution in [0.4, 0.5) is 11.4 Å². The first-order valence-electron chi connectivity index (χ1n) is 13.4. The lowest BCUT2D eigenvalue weighted by Crippen LogP contribution is -1.97. The fraction of sp³-hybridized carbons (Fsp3) is 0.600. The highest BCUT2D eigenvalue weighted by Crippen LogP contribution is 2.15. The summed E-state index contributed by atoms with van der Waals surface area (Å²) >= 11 is 0. The van der Waals surface area contributed by atoms with Crippen molar-refractivity contribution in [2.75, 3.05) is 11.9 Å². The smallest absolute Gasteiger partial charge is 0.0384 e. The molecule has 0 atom stereocenters. The molecule has 0 bridgehead atoms. The number of unbranched alkanes of at least 4 members (excludes halogenated alkanes) is 15. The van der Waals surface area contributed by atoms with E-state index in [1.54, 1.807) is 0 Å². The molecule has 0 heterocycles. The van der Waals surface area contributed by atoms with E-state index >= 15 is 0 Å². The van der Waals surface area contributed by atoms with Crippen LogP contribution in [0.15, 0.2) is 60.7 Å². The van der Waals surface area contributed by atoms with E-state index in [1.807, 2.05) is 60.7 Å². The van der Waals surface area contributed by atoms with Crippen LogP contribution in [-0.2, 0) is 0 Å². The average Bonchev–Trinajstić information content (AvgIpc) is 2.83. The molecule has 2 aromatic carbocycles. The van der Waals surface area contributed by atoms with Crippen molar-refractivity contribution in [1.82, 2.24) is 0 Å². The third-order valence-electron chi connectivity index (χ3n) is 5.89. The number of nitrogens with two attached hydrogens (primary N) is 1. The second kappa shape index (κ2) is 22.4. The molecule has 0 aromatic heterocycles. The largest absolute Gasteiger partial charge is 0.356 e. The first kappa shape index (κ1) is 28.2. The van der Waals surface area contributed by atoms with Gasteiger partial charge in [0.15, 0.2) is 0 Å². The fourth-order valence-electron chi connectivity index (χ4n) is 3.90. The van der Waals surface area contributed by atoms with Gasteiger partial charge in [0.2, 0.25) is 0 Å². The molecule has 2 rings (SSSR count). The first-order valence-corrected chi connectivity index (χ1v) is 13.4. The summed E-state index contributed by atoms with van der Waals surface area (Å²) in [6.07, 6.45) is 22.9. The Morgan fingerprint density at radius 2 is 0.781 bits per heavy atom. The highest BCUT2D eigenvalue weighted by Gasteiger charge is 1.94. The lowest BCUT2D eigenvalue weighted by molar-refractivity contribution is 0.530. The molecule has 180 valence electrons. The van der Waals surface area contributed by atoms with Gasteiger partial charge in [0.1, 0.15) is 0 Å². The normalized spacial score (nSPS) is 10.4. The summed E-state index contributed by atoms with van der Waals surface area (Å²) < 4.78 is 0. The van der Waals surface area contributed by atoms with Gasteiger partial charge < -0.3 is 11.1 Å². The van der Waals surface area contributed by atoms with Gasteiger partial charge in [0, 0.05) is 11.4 Å². The summed E-state index contributed by atoms with van der Waals surface area (Å²) in [6.45, 7) is 3.16. The molecule has 0 aliphatic heterocycles. The SMILES string of the molecule is CCCCCCCCCCCCCCCCCCN.c1ccc(Nc2ccccc2)cc1. The van der Waals surface area contributed by atoms with Gasteiger partial charge in [-0.15, -0.1) is 0 Å². The van der Waals surface area contributed by atoms with Crippen molar-refractivity contribution in [3.63, 3.8) is 0 Å². The molecule has 3 N–H and O–H groups in total. The molecule has 0 saturated heterocycles. The van der Waals surface area contributed by atoms with E-state index in [4.69, 9.17) is 5.73 Å². The molecule has 0 spiro atoms. The molecule has 0 aliphatic rings. The standard InChI is InChI=1S/C18H39N.C12H11N/c1-2-3-4-5-6-7-8-9-10-11-12-13-14-15-16-17-18-19;1-3-7-11(8-4-1)13-12-9-5-2-6-10-12/h2-19H2,1H3;1-10,13H. The molecule has 32 heavy (non-hydrogen) atoms. The molecule has 2 aromatic rings. The van der Waals surface area contributed by atoms with Gasteiger partial charge >= 0.3 is 0 Å². The van der Waals surface area contributed by atoms with E-state index in [2.05, 4.69) is 12.2 Å². The second-order valence-corrected chi connectivity index (χ2v) is 8.95. The molecule has 2 heteroatoms. The fourth-order valence-corrected chi connectivity index (χ4v) is 3.90. The molecular formula is C30H50N2. The van der Waals surface area contributed by atoms with Gasteiger partial charge in [-0.2, -0.15) is 0 Å². The van der Waals surface area contributed by atoms with Crippen LogP contribution in [-0.4, -0.2) is 6.54 Å². The van der Waals surface area contributed by atoms with Gasteiger partial charge in [0.25, 0.3) is 0 Å². The highest BCUT2D eigenvalue weighted by atomic mass is 14.9. The van der Waals surface area contributed by atoms with Crippen LogP contribution < -0.4 is 11.1 Å². The minimum absolute atomic E-state index is 0.873. The van der Waals surface area contributed by atoms with Crippen molar-refractivity contribution < 1.29 is 0 Å². The van der Waals surface area contributed by atoms with Crippen LogP contribution in [0.25, 0.3) is 0 Å². The van der Waals surface area contributed by atoms with Crippen LogP contribution in [0.5, 0.6) is 0 Å². The van der Waals surface area contributed by atoms with Crippen LogP contribution in [0.3, 0.4) is 0 Å². The van der Waals surface area contributed by atoms with E-state index in [0.29, 0.717) is 0 Å². The zero-order valence-corrected chi connectivity index (χ0v) is 20.9. The monoisotopic (exact) mass is 438 g/mol. The molecule has 0 amide bonds. The molecule has 0 aliphatic carbocycles. The van der Waals surface area contributed by atoms with Crippen molar-refractivity contribution in [2.24, 2.45) is 5.73 Å². The third-order valence-corrected chi connectivity index (χ3v) is 5.89. The minimum Gasteiger partial charge on any atom is -0.356 e. The van der Waals surface area contributed by atoms with E-state index < -0.39 is 0 Å². The van der Waals surface area contributed by atoms with Crippen LogP contribution in [0, 0.1) is 0 Å². The first-order chi connectivity index (χ1) is 15.9. The third kappa shape index (κ3) is 17.8. The van der Waals surface area contributed by atoms with Crippen LogP contribution >= 0.6 is 0 Å². The summed E-state index contributed by atoms with van der Waals surface area (Å²) in [5, 5.41) is 3.30. The Morgan fingerprint density at radius 1 is 0.469 bits per heavy atom. The topological polar surface area (TPSA) is 38.0 Å². The Hall–Kier alpha value is -1.80. The Bertz CT molecular complexity index is 543. The van der Waals surface area contributed by atoms with E-state index in [0.717, 1.165) is 17.9 Å².